The van der Waals surface area contributed by atoms with Gasteiger partial charge in [0.1, 0.15) is 5.82 Å². The van der Waals surface area contributed by atoms with Crippen LogP contribution in [0.5, 0.6) is 0 Å². The minimum atomic E-state index is 0.844. The Morgan fingerprint density at radius 3 is 3.00 bits per heavy atom. The molecule has 0 amide bonds. The molecule has 0 unspecified atom stereocenters. The van der Waals surface area contributed by atoms with Gasteiger partial charge in [-0.25, -0.2) is 4.98 Å². The molecule has 3 nitrogen and oxygen atoms in total. The summed E-state index contributed by atoms with van der Waals surface area (Å²) in [5, 5.41) is 3.36. The van der Waals surface area contributed by atoms with Gasteiger partial charge < -0.3 is 9.88 Å². The topological polar surface area (TPSA) is 29.9 Å². The normalized spacial score (nSPS) is 10.3. The molecule has 0 atom stereocenters. The monoisotopic (exact) mass is 207 g/mol. The molecule has 15 heavy (non-hydrogen) atoms. The fourth-order valence-electron chi connectivity index (χ4n) is 1.41. The summed E-state index contributed by atoms with van der Waals surface area (Å²) in [5.74, 6) is 1.12. The van der Waals surface area contributed by atoms with Crippen molar-refractivity contribution in [2.75, 3.05) is 6.54 Å². The Hall–Kier alpha value is -1.09. The molecule has 1 aromatic heterocycles. The zero-order chi connectivity index (χ0) is 11.1. The number of nitrogens with one attached hydrogen (secondary N) is 1. The van der Waals surface area contributed by atoms with Crippen LogP contribution in [-0.4, -0.2) is 16.1 Å². The van der Waals surface area contributed by atoms with E-state index >= 15 is 0 Å². The van der Waals surface area contributed by atoms with Crippen LogP contribution in [-0.2, 0) is 13.1 Å². The first-order chi connectivity index (χ1) is 7.24. The molecular formula is C12H21N3. The van der Waals surface area contributed by atoms with Gasteiger partial charge in [0.15, 0.2) is 0 Å². The Morgan fingerprint density at radius 1 is 1.53 bits per heavy atom. The molecule has 1 heterocycles. The fraction of sp³-hybridized carbons (Fsp3) is 0.583. The van der Waals surface area contributed by atoms with Crippen LogP contribution >= 0.6 is 0 Å². The van der Waals surface area contributed by atoms with Crippen LogP contribution in [0.2, 0.25) is 0 Å². The molecule has 0 saturated carbocycles. The van der Waals surface area contributed by atoms with Gasteiger partial charge in [-0.15, -0.1) is 0 Å². The first-order valence-electron chi connectivity index (χ1n) is 5.58. The van der Waals surface area contributed by atoms with Gasteiger partial charge in [0, 0.05) is 25.5 Å². The molecule has 0 saturated heterocycles. The van der Waals surface area contributed by atoms with E-state index in [1.807, 2.05) is 12.4 Å². The van der Waals surface area contributed by atoms with Crippen LogP contribution in [0.3, 0.4) is 0 Å². The second-order valence-corrected chi connectivity index (χ2v) is 3.95. The smallest absolute Gasteiger partial charge is 0.122 e. The molecular weight excluding hydrogens is 186 g/mol. The van der Waals surface area contributed by atoms with Crippen LogP contribution in [0.15, 0.2) is 24.0 Å². The summed E-state index contributed by atoms with van der Waals surface area (Å²) >= 11 is 0. The minimum Gasteiger partial charge on any atom is -0.334 e. The number of rotatable bonds is 6. The molecule has 3 heteroatoms. The summed E-state index contributed by atoms with van der Waals surface area (Å²) < 4.78 is 2.20. The zero-order valence-electron chi connectivity index (χ0n) is 9.95. The SMILES string of the molecule is CCCn1ccnc1CNCC=C(C)C. The molecule has 84 valence electrons. The maximum atomic E-state index is 4.33. The lowest BCUT2D eigenvalue weighted by Gasteiger charge is -2.06. The molecule has 0 spiro atoms. The summed E-state index contributed by atoms with van der Waals surface area (Å²) in [6.07, 6.45) is 7.25. The highest BCUT2D eigenvalue weighted by Crippen LogP contribution is 1.98. The Morgan fingerprint density at radius 2 is 2.33 bits per heavy atom. The molecule has 1 N–H and O–H groups in total. The standard InChI is InChI=1S/C12H21N3/c1-4-8-15-9-7-14-12(15)10-13-6-5-11(2)3/h5,7,9,13H,4,6,8,10H2,1-3H3. The van der Waals surface area contributed by atoms with E-state index in [0.717, 1.165) is 31.9 Å². The number of aromatic nitrogens is 2. The number of nitrogens with zero attached hydrogens (tertiary/aromatic N) is 2. The van der Waals surface area contributed by atoms with E-state index in [1.54, 1.807) is 0 Å². The number of aryl methyl sites for hydroxylation is 1. The van der Waals surface area contributed by atoms with Crippen LogP contribution in [0.1, 0.15) is 33.0 Å². The summed E-state index contributed by atoms with van der Waals surface area (Å²) in [7, 11) is 0. The zero-order valence-corrected chi connectivity index (χ0v) is 9.95. The average molecular weight is 207 g/mol. The molecule has 0 aliphatic heterocycles. The molecule has 1 aromatic rings. The average Bonchev–Trinajstić information content (AvgIpc) is 2.61. The Bertz CT molecular complexity index is 308. The number of hydrogen-bond donors (Lipinski definition) is 1. The third-order valence-electron chi connectivity index (χ3n) is 2.20. The number of imidazole rings is 1. The van der Waals surface area contributed by atoms with Crippen molar-refractivity contribution in [3.8, 4) is 0 Å². The highest BCUT2D eigenvalue weighted by atomic mass is 15.1. The van der Waals surface area contributed by atoms with Crippen molar-refractivity contribution in [2.24, 2.45) is 0 Å². The molecule has 0 aliphatic rings. The van der Waals surface area contributed by atoms with E-state index in [0.29, 0.717) is 0 Å². The van der Waals surface area contributed by atoms with Gasteiger partial charge in [-0.1, -0.05) is 18.6 Å². The summed E-state index contributed by atoms with van der Waals surface area (Å²) in [6.45, 7) is 9.22. The molecule has 0 fully saturated rings. The highest BCUT2D eigenvalue weighted by Gasteiger charge is 1.99. The lowest BCUT2D eigenvalue weighted by atomic mass is 10.3. The van der Waals surface area contributed by atoms with Crippen LogP contribution in [0, 0.1) is 0 Å². The number of hydrogen-bond acceptors (Lipinski definition) is 2. The Balaban J connectivity index is 2.36. The second-order valence-electron chi connectivity index (χ2n) is 3.95. The third-order valence-corrected chi connectivity index (χ3v) is 2.20. The number of allylic oxidation sites excluding steroid dienone is 1. The van der Waals surface area contributed by atoms with Gasteiger partial charge in [-0.3, -0.25) is 0 Å². The molecule has 0 radical (unpaired) electrons. The highest BCUT2D eigenvalue weighted by molar-refractivity contribution is 4.96. The van der Waals surface area contributed by atoms with Crippen LogP contribution in [0.25, 0.3) is 0 Å². The van der Waals surface area contributed by atoms with Crippen molar-refractivity contribution in [3.63, 3.8) is 0 Å². The van der Waals surface area contributed by atoms with Crippen molar-refractivity contribution in [1.29, 1.82) is 0 Å². The van der Waals surface area contributed by atoms with E-state index in [1.165, 1.54) is 5.57 Å². The van der Waals surface area contributed by atoms with Crippen LogP contribution in [0.4, 0.5) is 0 Å². The summed E-state index contributed by atoms with van der Waals surface area (Å²) in [5.41, 5.74) is 1.35. The lowest BCUT2D eigenvalue weighted by molar-refractivity contribution is 0.605. The molecule has 0 aromatic carbocycles. The van der Waals surface area contributed by atoms with E-state index in [-0.39, 0.29) is 0 Å². The van der Waals surface area contributed by atoms with Crippen molar-refractivity contribution >= 4 is 0 Å². The first-order valence-corrected chi connectivity index (χ1v) is 5.58. The Kier molecular flexibility index (Phi) is 5.12. The van der Waals surface area contributed by atoms with E-state index in [9.17, 15) is 0 Å². The largest absolute Gasteiger partial charge is 0.334 e. The maximum Gasteiger partial charge on any atom is 0.122 e. The molecule has 0 bridgehead atoms. The quantitative estimate of drug-likeness (QED) is 0.573. The van der Waals surface area contributed by atoms with Gasteiger partial charge in [0.2, 0.25) is 0 Å². The maximum absolute atomic E-state index is 4.33. The van der Waals surface area contributed by atoms with Gasteiger partial charge in [0.05, 0.1) is 6.54 Å². The van der Waals surface area contributed by atoms with Gasteiger partial charge in [-0.2, -0.15) is 0 Å². The summed E-state index contributed by atoms with van der Waals surface area (Å²) in [4.78, 5) is 4.33. The minimum absolute atomic E-state index is 0.844. The van der Waals surface area contributed by atoms with Crippen molar-refractivity contribution in [1.82, 2.24) is 14.9 Å². The van der Waals surface area contributed by atoms with E-state index in [4.69, 9.17) is 0 Å². The van der Waals surface area contributed by atoms with Gasteiger partial charge >= 0.3 is 0 Å². The first kappa shape index (κ1) is 12.0. The van der Waals surface area contributed by atoms with Crippen molar-refractivity contribution < 1.29 is 0 Å². The fourth-order valence-corrected chi connectivity index (χ4v) is 1.41. The molecule has 0 aliphatic carbocycles. The van der Waals surface area contributed by atoms with Crippen LogP contribution < -0.4 is 5.32 Å². The van der Waals surface area contributed by atoms with Crippen molar-refractivity contribution in [3.05, 3.63) is 29.9 Å². The second kappa shape index (κ2) is 6.40. The predicted molar refractivity (Wildman–Crippen MR) is 63.7 cm³/mol. The van der Waals surface area contributed by atoms with Crippen molar-refractivity contribution in [2.45, 2.75) is 40.3 Å². The predicted octanol–water partition coefficient (Wildman–Crippen LogP) is 2.35. The van der Waals surface area contributed by atoms with E-state index in [2.05, 4.69) is 41.7 Å². The van der Waals surface area contributed by atoms with E-state index < -0.39 is 0 Å². The Labute approximate surface area is 92.2 Å². The third kappa shape index (κ3) is 4.30. The molecule has 1 rings (SSSR count). The van der Waals surface area contributed by atoms with Gasteiger partial charge in [-0.05, 0) is 20.3 Å². The van der Waals surface area contributed by atoms with Gasteiger partial charge in [0.25, 0.3) is 0 Å². The summed E-state index contributed by atoms with van der Waals surface area (Å²) in [6, 6.07) is 0. The lowest BCUT2D eigenvalue weighted by Crippen LogP contribution is -2.17.